The lowest BCUT2D eigenvalue weighted by molar-refractivity contribution is 0.142. The van der Waals surface area contributed by atoms with E-state index in [0.29, 0.717) is 5.41 Å². The van der Waals surface area contributed by atoms with Crippen molar-refractivity contribution in [2.75, 3.05) is 44.7 Å². The molecule has 1 aromatic rings. The van der Waals surface area contributed by atoms with E-state index >= 15 is 0 Å². The van der Waals surface area contributed by atoms with Crippen molar-refractivity contribution in [1.82, 2.24) is 15.2 Å². The molecule has 0 radical (unpaired) electrons. The number of rotatable bonds is 6. The molecule has 0 bridgehead atoms. The Morgan fingerprint density at radius 3 is 2.78 bits per heavy atom. The van der Waals surface area contributed by atoms with Crippen molar-refractivity contribution in [3.63, 3.8) is 0 Å². The molecule has 0 amide bonds. The number of anilines is 1. The zero-order valence-corrected chi connectivity index (χ0v) is 20.3. The second kappa shape index (κ2) is 10.8. The first-order valence-electron chi connectivity index (χ1n) is 10.3. The Hall–Kier alpha value is -0.570. The number of nitrogens with one attached hydrogen (secondary N) is 1. The summed E-state index contributed by atoms with van der Waals surface area (Å²) in [5.41, 5.74) is 1.64. The van der Waals surface area contributed by atoms with Crippen molar-refractivity contribution in [3.8, 4) is 0 Å². The van der Waals surface area contributed by atoms with Gasteiger partial charge in [-0.1, -0.05) is 20.3 Å². The molecule has 1 N–H and O–H groups in total. The van der Waals surface area contributed by atoms with Gasteiger partial charge in [0.15, 0.2) is 11.1 Å². The summed E-state index contributed by atoms with van der Waals surface area (Å²) in [5, 5.41) is 6.99. The Morgan fingerprint density at radius 2 is 2.07 bits per heavy atom. The highest BCUT2D eigenvalue weighted by atomic mass is 127. The molecule has 3 heterocycles. The number of thiazole rings is 1. The Kier molecular flexibility index (Phi) is 9.11. The van der Waals surface area contributed by atoms with E-state index < -0.39 is 0 Å². The Labute approximate surface area is 186 Å². The van der Waals surface area contributed by atoms with Crippen LogP contribution in [0.2, 0.25) is 0 Å². The highest BCUT2D eigenvalue weighted by molar-refractivity contribution is 14.0. The smallest absolute Gasteiger partial charge is 0.193 e. The molecule has 0 saturated carbocycles. The summed E-state index contributed by atoms with van der Waals surface area (Å²) in [6, 6.07) is 0. The van der Waals surface area contributed by atoms with Gasteiger partial charge >= 0.3 is 0 Å². The zero-order valence-electron chi connectivity index (χ0n) is 17.2. The van der Waals surface area contributed by atoms with E-state index in [0.717, 1.165) is 32.0 Å². The van der Waals surface area contributed by atoms with Crippen molar-refractivity contribution in [2.45, 2.75) is 58.8 Å². The maximum atomic E-state index is 4.83. The molecule has 3 rings (SSSR count). The van der Waals surface area contributed by atoms with Crippen LogP contribution in [0.25, 0.3) is 0 Å². The van der Waals surface area contributed by atoms with Crippen LogP contribution in [0, 0.1) is 5.41 Å². The first-order valence-corrected chi connectivity index (χ1v) is 11.2. The molecule has 0 spiro atoms. The number of hydrogen-bond donors (Lipinski definition) is 1. The lowest BCUT2D eigenvalue weighted by atomic mass is 9.78. The van der Waals surface area contributed by atoms with Crippen LogP contribution in [0.15, 0.2) is 10.4 Å². The number of guanidine groups is 1. The molecule has 1 atom stereocenters. The van der Waals surface area contributed by atoms with Gasteiger partial charge in [-0.2, -0.15) is 0 Å². The average molecular weight is 506 g/mol. The minimum absolute atomic E-state index is 0. The minimum atomic E-state index is 0. The van der Waals surface area contributed by atoms with Gasteiger partial charge in [0, 0.05) is 51.6 Å². The van der Waals surface area contributed by atoms with Crippen molar-refractivity contribution < 1.29 is 0 Å². The molecule has 154 valence electrons. The predicted octanol–water partition coefficient (Wildman–Crippen LogP) is 4.38. The summed E-state index contributed by atoms with van der Waals surface area (Å²) in [4.78, 5) is 14.2. The quantitative estimate of drug-likeness (QED) is 0.354. The molecule has 2 aliphatic rings. The van der Waals surface area contributed by atoms with Gasteiger partial charge in [-0.3, -0.25) is 4.99 Å². The minimum Gasteiger partial charge on any atom is -0.356 e. The third-order valence-electron chi connectivity index (χ3n) is 5.73. The average Bonchev–Trinajstić information content (AvgIpc) is 3.30. The first kappa shape index (κ1) is 22.7. The SMILES string of the molecule is CCCC1(C)CCCN(C(=NC)NCCc2csc(N3CCCC3)n2)C1.I. The van der Waals surface area contributed by atoms with Crippen LogP contribution < -0.4 is 10.2 Å². The predicted molar refractivity (Wildman–Crippen MR) is 128 cm³/mol. The Balaban J connectivity index is 0.00000261. The van der Waals surface area contributed by atoms with Crippen LogP contribution in [0.4, 0.5) is 5.13 Å². The Bertz CT molecular complexity index is 595. The number of hydrogen-bond acceptors (Lipinski definition) is 4. The van der Waals surface area contributed by atoms with E-state index in [1.807, 2.05) is 7.05 Å². The molecule has 0 aromatic carbocycles. The molecule has 1 aromatic heterocycles. The van der Waals surface area contributed by atoms with Crippen LogP contribution in [0.1, 0.15) is 58.1 Å². The van der Waals surface area contributed by atoms with Gasteiger partial charge in [0.2, 0.25) is 0 Å². The summed E-state index contributed by atoms with van der Waals surface area (Å²) in [7, 11) is 1.91. The van der Waals surface area contributed by atoms with E-state index in [1.165, 1.54) is 62.4 Å². The van der Waals surface area contributed by atoms with Gasteiger partial charge in [0.25, 0.3) is 0 Å². The molecule has 2 saturated heterocycles. The third kappa shape index (κ3) is 6.21. The monoisotopic (exact) mass is 505 g/mol. The molecule has 7 heteroatoms. The van der Waals surface area contributed by atoms with E-state index in [2.05, 4.69) is 39.3 Å². The van der Waals surface area contributed by atoms with Gasteiger partial charge in [-0.05, 0) is 37.5 Å². The van der Waals surface area contributed by atoms with Gasteiger partial charge in [0.05, 0.1) is 5.69 Å². The largest absolute Gasteiger partial charge is 0.356 e. The second-order valence-electron chi connectivity index (χ2n) is 8.13. The zero-order chi connectivity index (χ0) is 18.4. The van der Waals surface area contributed by atoms with Gasteiger partial charge in [-0.15, -0.1) is 35.3 Å². The lowest BCUT2D eigenvalue weighted by Crippen LogP contribution is -2.50. The van der Waals surface area contributed by atoms with E-state index in [1.54, 1.807) is 11.3 Å². The Morgan fingerprint density at radius 1 is 1.30 bits per heavy atom. The number of halogens is 1. The summed E-state index contributed by atoms with van der Waals surface area (Å²) in [5.74, 6) is 1.06. The lowest BCUT2D eigenvalue weighted by Gasteiger charge is -2.42. The topological polar surface area (TPSA) is 43.8 Å². The summed E-state index contributed by atoms with van der Waals surface area (Å²) in [6.07, 6.45) is 8.75. The van der Waals surface area contributed by atoms with Crippen molar-refractivity contribution >= 4 is 46.4 Å². The fourth-order valence-corrected chi connectivity index (χ4v) is 5.32. The molecule has 2 fully saturated rings. The molecule has 2 aliphatic heterocycles. The number of aromatic nitrogens is 1. The molecule has 0 aliphatic carbocycles. The van der Waals surface area contributed by atoms with Gasteiger partial charge < -0.3 is 15.1 Å². The number of aliphatic imine (C=N–C) groups is 1. The maximum absolute atomic E-state index is 4.83. The van der Waals surface area contributed by atoms with E-state index in [-0.39, 0.29) is 24.0 Å². The second-order valence-corrected chi connectivity index (χ2v) is 8.96. The molecule has 5 nitrogen and oxygen atoms in total. The van der Waals surface area contributed by atoms with Crippen LogP contribution in [0.3, 0.4) is 0 Å². The number of piperidine rings is 1. The van der Waals surface area contributed by atoms with Gasteiger partial charge in [-0.25, -0.2) is 4.98 Å². The van der Waals surface area contributed by atoms with Crippen LogP contribution >= 0.6 is 35.3 Å². The molecular formula is C20H36IN5S. The molecular weight excluding hydrogens is 469 g/mol. The highest BCUT2D eigenvalue weighted by Crippen LogP contribution is 2.33. The van der Waals surface area contributed by atoms with Crippen molar-refractivity contribution in [3.05, 3.63) is 11.1 Å². The fourth-order valence-electron chi connectivity index (χ4n) is 4.40. The van der Waals surface area contributed by atoms with E-state index in [4.69, 9.17) is 4.98 Å². The number of nitrogens with zero attached hydrogens (tertiary/aromatic N) is 4. The standard InChI is InChI=1S/C20H35N5S.HI/c1-4-9-20(2)10-7-14-25(16-20)18(21-3)22-11-8-17-15-26-19(23-17)24-12-5-6-13-24;/h15H,4-14,16H2,1-3H3,(H,21,22);1H. The first-order chi connectivity index (χ1) is 12.6. The van der Waals surface area contributed by atoms with Gasteiger partial charge in [0.1, 0.15) is 0 Å². The van der Waals surface area contributed by atoms with Crippen LogP contribution in [-0.4, -0.2) is 55.6 Å². The molecule has 1 unspecified atom stereocenters. The number of likely N-dealkylation sites (tertiary alicyclic amines) is 1. The maximum Gasteiger partial charge on any atom is 0.193 e. The van der Waals surface area contributed by atoms with Crippen LogP contribution in [-0.2, 0) is 6.42 Å². The van der Waals surface area contributed by atoms with E-state index in [9.17, 15) is 0 Å². The molecule has 27 heavy (non-hydrogen) atoms. The van der Waals surface area contributed by atoms with Crippen molar-refractivity contribution in [2.24, 2.45) is 10.4 Å². The summed E-state index contributed by atoms with van der Waals surface area (Å²) in [6.45, 7) is 10.2. The normalized spacial score (nSPS) is 23.4. The van der Waals surface area contributed by atoms with Crippen LogP contribution in [0.5, 0.6) is 0 Å². The third-order valence-corrected chi connectivity index (χ3v) is 6.68. The highest BCUT2D eigenvalue weighted by Gasteiger charge is 2.31. The fraction of sp³-hybridized carbons (Fsp3) is 0.800. The summed E-state index contributed by atoms with van der Waals surface area (Å²) >= 11 is 1.79. The summed E-state index contributed by atoms with van der Waals surface area (Å²) < 4.78 is 0. The van der Waals surface area contributed by atoms with Crippen molar-refractivity contribution in [1.29, 1.82) is 0 Å².